The van der Waals surface area contributed by atoms with E-state index >= 15 is 0 Å². The highest BCUT2D eigenvalue weighted by molar-refractivity contribution is 5.36. The Hall–Kier alpha value is -1.30. The van der Waals surface area contributed by atoms with Gasteiger partial charge in [-0.15, -0.1) is 0 Å². The van der Waals surface area contributed by atoms with Crippen LogP contribution in [0.15, 0.2) is 18.2 Å². The number of alkyl halides is 3. The van der Waals surface area contributed by atoms with Crippen molar-refractivity contribution in [3.8, 4) is 5.75 Å². The highest BCUT2D eigenvalue weighted by atomic mass is 19.4. The number of ether oxygens (including phenoxy) is 1. The lowest BCUT2D eigenvalue weighted by Gasteiger charge is -2.14. The summed E-state index contributed by atoms with van der Waals surface area (Å²) in [5, 5.41) is 0. The normalized spacial score (nSPS) is 13.5. The lowest BCUT2D eigenvalue weighted by atomic mass is 10.1. The first-order valence-corrected chi connectivity index (χ1v) is 5.04. The molecule has 0 fully saturated rings. The lowest BCUT2D eigenvalue weighted by Crippen LogP contribution is -2.14. The zero-order valence-electron chi connectivity index (χ0n) is 9.22. The molecule has 2 N–H and O–H groups in total. The molecule has 1 atom stereocenters. The van der Waals surface area contributed by atoms with Gasteiger partial charge in [0.05, 0.1) is 13.0 Å². The zero-order valence-corrected chi connectivity index (χ0v) is 9.22. The molecule has 0 aliphatic carbocycles. The third-order valence-electron chi connectivity index (χ3n) is 2.11. The number of halogens is 4. The first-order chi connectivity index (χ1) is 7.79. The third-order valence-corrected chi connectivity index (χ3v) is 2.11. The Kier molecular flexibility index (Phi) is 4.34. The highest BCUT2D eigenvalue weighted by Crippen LogP contribution is 2.26. The van der Waals surface area contributed by atoms with E-state index in [0.717, 1.165) is 6.07 Å². The van der Waals surface area contributed by atoms with E-state index in [1.807, 2.05) is 0 Å². The molecule has 0 heterocycles. The smallest absolute Gasteiger partial charge is 0.392 e. The van der Waals surface area contributed by atoms with Crippen molar-refractivity contribution in [1.82, 2.24) is 0 Å². The maximum Gasteiger partial charge on any atom is 0.392 e. The predicted molar refractivity (Wildman–Crippen MR) is 55.2 cm³/mol. The van der Waals surface area contributed by atoms with Gasteiger partial charge < -0.3 is 10.5 Å². The van der Waals surface area contributed by atoms with Gasteiger partial charge in [0.15, 0.2) is 0 Å². The monoisotopic (exact) mass is 251 g/mol. The van der Waals surface area contributed by atoms with Gasteiger partial charge in [0.2, 0.25) is 0 Å². The van der Waals surface area contributed by atoms with E-state index in [1.165, 1.54) is 12.1 Å². The summed E-state index contributed by atoms with van der Waals surface area (Å²) in [5.74, 6) is -0.513. The van der Waals surface area contributed by atoms with Crippen LogP contribution in [-0.4, -0.2) is 12.8 Å². The molecular weight excluding hydrogens is 238 g/mol. The van der Waals surface area contributed by atoms with Crippen LogP contribution in [0.2, 0.25) is 0 Å². The van der Waals surface area contributed by atoms with Crippen LogP contribution in [0.3, 0.4) is 0 Å². The SMILES string of the molecule is C[C@H](N)c1ccc(F)cc1OCCC(F)(F)F. The topological polar surface area (TPSA) is 35.2 Å². The van der Waals surface area contributed by atoms with Crippen molar-refractivity contribution in [1.29, 1.82) is 0 Å². The Morgan fingerprint density at radius 1 is 1.35 bits per heavy atom. The molecule has 0 amide bonds. The van der Waals surface area contributed by atoms with E-state index in [0.29, 0.717) is 5.56 Å². The van der Waals surface area contributed by atoms with Crippen LogP contribution < -0.4 is 10.5 Å². The molecule has 2 nitrogen and oxygen atoms in total. The zero-order chi connectivity index (χ0) is 13.1. The van der Waals surface area contributed by atoms with Gasteiger partial charge in [0.1, 0.15) is 11.6 Å². The molecule has 1 aromatic rings. The molecule has 6 heteroatoms. The lowest BCUT2D eigenvalue weighted by molar-refractivity contribution is -0.139. The second-order valence-electron chi connectivity index (χ2n) is 3.68. The summed E-state index contributed by atoms with van der Waals surface area (Å²) in [7, 11) is 0. The minimum Gasteiger partial charge on any atom is -0.493 e. The first-order valence-electron chi connectivity index (χ1n) is 5.04. The summed E-state index contributed by atoms with van der Waals surface area (Å²) in [5.41, 5.74) is 6.08. The maximum atomic E-state index is 12.9. The van der Waals surface area contributed by atoms with Crippen molar-refractivity contribution in [2.24, 2.45) is 5.73 Å². The van der Waals surface area contributed by atoms with Gasteiger partial charge in [0, 0.05) is 17.7 Å². The number of nitrogens with two attached hydrogens (primary N) is 1. The summed E-state index contributed by atoms with van der Waals surface area (Å²) in [6, 6.07) is 3.20. The van der Waals surface area contributed by atoms with Crippen molar-refractivity contribution in [3.05, 3.63) is 29.6 Å². The summed E-state index contributed by atoms with van der Waals surface area (Å²) in [4.78, 5) is 0. The van der Waals surface area contributed by atoms with Crippen LogP contribution in [0.25, 0.3) is 0 Å². The van der Waals surface area contributed by atoms with Gasteiger partial charge in [-0.2, -0.15) is 13.2 Å². The third kappa shape index (κ3) is 4.60. The molecule has 1 aromatic carbocycles. The van der Waals surface area contributed by atoms with Gasteiger partial charge >= 0.3 is 6.18 Å². The quantitative estimate of drug-likeness (QED) is 0.834. The molecule has 1 rings (SSSR count). The average molecular weight is 251 g/mol. The Morgan fingerprint density at radius 2 is 2.00 bits per heavy atom. The fourth-order valence-electron chi connectivity index (χ4n) is 1.29. The van der Waals surface area contributed by atoms with E-state index in [2.05, 4.69) is 0 Å². The molecule has 0 bridgehead atoms. The molecule has 17 heavy (non-hydrogen) atoms. The average Bonchev–Trinajstić information content (AvgIpc) is 2.15. The molecule has 0 saturated heterocycles. The van der Waals surface area contributed by atoms with Crippen LogP contribution in [0.1, 0.15) is 24.9 Å². The second kappa shape index (κ2) is 5.35. The van der Waals surface area contributed by atoms with Gasteiger partial charge in [0.25, 0.3) is 0 Å². The van der Waals surface area contributed by atoms with E-state index in [-0.39, 0.29) is 5.75 Å². The molecule has 96 valence electrons. The van der Waals surface area contributed by atoms with Crippen molar-refractivity contribution in [2.75, 3.05) is 6.61 Å². The van der Waals surface area contributed by atoms with Crippen LogP contribution >= 0.6 is 0 Å². The Balaban J connectivity index is 2.72. The fraction of sp³-hybridized carbons (Fsp3) is 0.455. The molecule has 0 saturated carbocycles. The molecule has 0 radical (unpaired) electrons. The van der Waals surface area contributed by atoms with Gasteiger partial charge in [-0.3, -0.25) is 0 Å². The molecule has 0 aromatic heterocycles. The number of benzene rings is 1. The summed E-state index contributed by atoms with van der Waals surface area (Å²) in [6.07, 6.45) is -5.37. The standard InChI is InChI=1S/C11H13F4NO/c1-7(16)9-3-2-8(12)6-10(9)17-5-4-11(13,14)15/h2-3,6-7H,4-5,16H2,1H3/t7-/m0/s1. The highest BCUT2D eigenvalue weighted by Gasteiger charge is 2.27. The van der Waals surface area contributed by atoms with Crippen LogP contribution in [-0.2, 0) is 0 Å². The van der Waals surface area contributed by atoms with E-state index < -0.39 is 31.1 Å². The van der Waals surface area contributed by atoms with Crippen molar-refractivity contribution >= 4 is 0 Å². The molecule has 0 unspecified atom stereocenters. The minimum atomic E-state index is -4.29. The first kappa shape index (κ1) is 13.8. The molecular formula is C11H13F4NO. The van der Waals surface area contributed by atoms with E-state index in [4.69, 9.17) is 10.5 Å². The number of rotatable bonds is 4. The largest absolute Gasteiger partial charge is 0.493 e. The van der Waals surface area contributed by atoms with E-state index in [9.17, 15) is 17.6 Å². The second-order valence-corrected chi connectivity index (χ2v) is 3.68. The summed E-state index contributed by atoms with van der Waals surface area (Å²) < 4.78 is 53.6. The van der Waals surface area contributed by atoms with Gasteiger partial charge in [-0.05, 0) is 13.0 Å². The van der Waals surface area contributed by atoms with Crippen LogP contribution in [0.4, 0.5) is 17.6 Å². The van der Waals surface area contributed by atoms with Gasteiger partial charge in [-0.1, -0.05) is 6.07 Å². The molecule has 0 aliphatic heterocycles. The molecule has 0 spiro atoms. The van der Waals surface area contributed by atoms with E-state index in [1.54, 1.807) is 6.92 Å². The fourth-order valence-corrected chi connectivity index (χ4v) is 1.29. The Bertz CT molecular complexity index is 376. The molecule has 0 aliphatic rings. The van der Waals surface area contributed by atoms with Crippen molar-refractivity contribution in [3.63, 3.8) is 0 Å². The van der Waals surface area contributed by atoms with Crippen LogP contribution in [0, 0.1) is 5.82 Å². The number of hydrogen-bond acceptors (Lipinski definition) is 2. The predicted octanol–water partition coefficient (Wildman–Crippen LogP) is 3.18. The summed E-state index contributed by atoms with van der Waals surface area (Å²) >= 11 is 0. The van der Waals surface area contributed by atoms with Gasteiger partial charge in [-0.25, -0.2) is 4.39 Å². The Labute approximate surface area is 96.4 Å². The summed E-state index contributed by atoms with van der Waals surface area (Å²) in [6.45, 7) is 1.09. The van der Waals surface area contributed by atoms with Crippen LogP contribution in [0.5, 0.6) is 5.75 Å². The number of hydrogen-bond donors (Lipinski definition) is 1. The minimum absolute atomic E-state index is 0.0595. The van der Waals surface area contributed by atoms with Crippen molar-refractivity contribution in [2.45, 2.75) is 25.6 Å². The van der Waals surface area contributed by atoms with Crippen molar-refractivity contribution < 1.29 is 22.3 Å². The maximum absolute atomic E-state index is 12.9. The Morgan fingerprint density at radius 3 is 2.53 bits per heavy atom.